The molecule has 102 valence electrons. The summed E-state index contributed by atoms with van der Waals surface area (Å²) in [4.78, 5) is 25.5. The molecule has 0 N–H and O–H groups in total. The molecule has 0 spiro atoms. The number of methoxy groups -OCH3 is 1. The summed E-state index contributed by atoms with van der Waals surface area (Å²) in [5.41, 5.74) is 0. The van der Waals surface area contributed by atoms with Gasteiger partial charge in [0, 0.05) is 24.7 Å². The highest BCUT2D eigenvalue weighted by molar-refractivity contribution is 7.99. The molecule has 0 aromatic heterocycles. The van der Waals surface area contributed by atoms with Crippen LogP contribution in [0.1, 0.15) is 19.3 Å². The molecule has 0 aromatic rings. The van der Waals surface area contributed by atoms with Crippen molar-refractivity contribution in [1.82, 2.24) is 4.90 Å². The van der Waals surface area contributed by atoms with E-state index < -0.39 is 0 Å². The normalized spacial score (nSPS) is 28.2. The van der Waals surface area contributed by atoms with Crippen LogP contribution < -0.4 is 0 Å². The monoisotopic (exact) mass is 273 g/mol. The van der Waals surface area contributed by atoms with Gasteiger partial charge in [0.2, 0.25) is 0 Å². The average Bonchev–Trinajstić information content (AvgIpc) is 2.92. The van der Waals surface area contributed by atoms with Gasteiger partial charge in [-0.15, -0.1) is 0 Å². The second-order valence-electron chi connectivity index (χ2n) is 4.54. The summed E-state index contributed by atoms with van der Waals surface area (Å²) in [6, 6.07) is -0.0482. The number of thioether (sulfide) groups is 1. The van der Waals surface area contributed by atoms with Crippen LogP contribution in [0.4, 0.5) is 0 Å². The highest BCUT2D eigenvalue weighted by Gasteiger charge is 2.34. The van der Waals surface area contributed by atoms with Crippen molar-refractivity contribution in [2.75, 3.05) is 31.8 Å². The van der Waals surface area contributed by atoms with Gasteiger partial charge in [-0.3, -0.25) is 9.59 Å². The van der Waals surface area contributed by atoms with Crippen molar-refractivity contribution in [2.45, 2.75) is 31.4 Å². The number of nitrogens with zero attached hydrogens (tertiary/aromatic N) is 1. The van der Waals surface area contributed by atoms with Gasteiger partial charge >= 0.3 is 5.97 Å². The fourth-order valence-corrected chi connectivity index (χ4v) is 3.41. The maximum absolute atomic E-state index is 12.3. The molecular weight excluding hydrogens is 254 g/mol. The third-order valence-electron chi connectivity index (χ3n) is 3.35. The second-order valence-corrected chi connectivity index (χ2v) is 5.69. The third kappa shape index (κ3) is 3.17. The van der Waals surface area contributed by atoms with E-state index >= 15 is 0 Å². The SMILES string of the molecule is COC(=O)C[C@H]1CSCCN1C(=O)[C@H]1CCCO1. The van der Waals surface area contributed by atoms with Crippen LogP contribution >= 0.6 is 11.8 Å². The second kappa shape index (κ2) is 6.43. The standard InChI is InChI=1S/C12H19NO4S/c1-16-11(14)7-9-8-18-6-4-13(9)12(15)10-3-2-5-17-10/h9-10H,2-8H2,1H3/t9-,10+/m0/s1. The molecule has 18 heavy (non-hydrogen) atoms. The zero-order chi connectivity index (χ0) is 13.0. The number of hydrogen-bond acceptors (Lipinski definition) is 5. The Morgan fingerprint density at radius 3 is 3.00 bits per heavy atom. The molecule has 2 atom stereocenters. The number of rotatable bonds is 3. The number of esters is 1. The quantitative estimate of drug-likeness (QED) is 0.708. The highest BCUT2D eigenvalue weighted by atomic mass is 32.2. The molecule has 2 saturated heterocycles. The van der Waals surface area contributed by atoms with Crippen molar-refractivity contribution in [3.63, 3.8) is 0 Å². The van der Waals surface area contributed by atoms with E-state index in [1.807, 2.05) is 4.90 Å². The summed E-state index contributed by atoms with van der Waals surface area (Å²) in [6.07, 6.45) is 1.73. The van der Waals surface area contributed by atoms with Crippen LogP contribution in [0.15, 0.2) is 0 Å². The van der Waals surface area contributed by atoms with Crippen LogP contribution in [0, 0.1) is 0 Å². The molecule has 2 heterocycles. The molecule has 0 aliphatic carbocycles. The van der Waals surface area contributed by atoms with Crippen LogP contribution in [-0.2, 0) is 19.1 Å². The van der Waals surface area contributed by atoms with E-state index in [0.29, 0.717) is 13.2 Å². The van der Waals surface area contributed by atoms with Gasteiger partial charge in [0.15, 0.2) is 0 Å². The van der Waals surface area contributed by atoms with E-state index in [4.69, 9.17) is 4.74 Å². The van der Waals surface area contributed by atoms with E-state index in [1.54, 1.807) is 11.8 Å². The van der Waals surface area contributed by atoms with Gasteiger partial charge < -0.3 is 14.4 Å². The molecule has 2 fully saturated rings. The number of amides is 1. The van der Waals surface area contributed by atoms with Gasteiger partial charge in [-0.2, -0.15) is 11.8 Å². The molecule has 0 radical (unpaired) electrons. The summed E-state index contributed by atoms with van der Waals surface area (Å²) in [5.74, 6) is 1.51. The van der Waals surface area contributed by atoms with Crippen molar-refractivity contribution in [3.8, 4) is 0 Å². The Labute approximate surface area is 111 Å². The molecule has 6 heteroatoms. The maximum Gasteiger partial charge on any atom is 0.307 e. The molecule has 1 amide bonds. The van der Waals surface area contributed by atoms with Gasteiger partial charge in [0.1, 0.15) is 6.10 Å². The van der Waals surface area contributed by atoms with Crippen LogP contribution in [0.3, 0.4) is 0 Å². The van der Waals surface area contributed by atoms with Gasteiger partial charge in [-0.1, -0.05) is 0 Å². The summed E-state index contributed by atoms with van der Waals surface area (Å²) in [6.45, 7) is 1.37. The predicted molar refractivity (Wildman–Crippen MR) is 68.4 cm³/mol. The fraction of sp³-hybridized carbons (Fsp3) is 0.833. The van der Waals surface area contributed by atoms with Gasteiger partial charge in [0.05, 0.1) is 19.6 Å². The van der Waals surface area contributed by atoms with Crippen LogP contribution in [-0.4, -0.2) is 60.7 Å². The van der Waals surface area contributed by atoms with Crippen LogP contribution in [0.5, 0.6) is 0 Å². The van der Waals surface area contributed by atoms with E-state index in [-0.39, 0.29) is 30.4 Å². The maximum atomic E-state index is 12.3. The molecule has 5 nitrogen and oxygen atoms in total. The molecule has 0 saturated carbocycles. The average molecular weight is 273 g/mol. The number of hydrogen-bond donors (Lipinski definition) is 0. The Morgan fingerprint density at radius 2 is 2.33 bits per heavy atom. The van der Waals surface area contributed by atoms with E-state index in [9.17, 15) is 9.59 Å². The van der Waals surface area contributed by atoms with Crippen molar-refractivity contribution in [3.05, 3.63) is 0 Å². The number of ether oxygens (including phenoxy) is 2. The Hall–Kier alpha value is -0.750. The number of carbonyl (C=O) groups is 2. The first-order valence-electron chi connectivity index (χ1n) is 6.29. The lowest BCUT2D eigenvalue weighted by atomic mass is 10.1. The first-order chi connectivity index (χ1) is 8.72. The Morgan fingerprint density at radius 1 is 1.50 bits per heavy atom. The van der Waals surface area contributed by atoms with E-state index in [2.05, 4.69) is 4.74 Å². The number of carbonyl (C=O) groups excluding carboxylic acids is 2. The third-order valence-corrected chi connectivity index (χ3v) is 4.44. The fourth-order valence-electron chi connectivity index (χ4n) is 2.35. The molecule has 2 aliphatic heterocycles. The van der Waals surface area contributed by atoms with Crippen LogP contribution in [0.25, 0.3) is 0 Å². The van der Waals surface area contributed by atoms with Crippen molar-refractivity contribution < 1.29 is 19.1 Å². The first-order valence-corrected chi connectivity index (χ1v) is 7.44. The van der Waals surface area contributed by atoms with E-state index in [0.717, 1.165) is 24.3 Å². The minimum Gasteiger partial charge on any atom is -0.469 e. The molecule has 2 aliphatic rings. The molecular formula is C12H19NO4S. The summed E-state index contributed by atoms with van der Waals surface area (Å²) >= 11 is 1.78. The van der Waals surface area contributed by atoms with Crippen molar-refractivity contribution >= 4 is 23.6 Å². The highest BCUT2D eigenvalue weighted by Crippen LogP contribution is 2.23. The summed E-state index contributed by atoms with van der Waals surface area (Å²) in [7, 11) is 1.38. The Kier molecular flexibility index (Phi) is 4.88. The lowest BCUT2D eigenvalue weighted by Gasteiger charge is -2.36. The Bertz CT molecular complexity index is 317. The molecule has 0 bridgehead atoms. The molecule has 2 rings (SSSR count). The summed E-state index contributed by atoms with van der Waals surface area (Å²) < 4.78 is 10.1. The van der Waals surface area contributed by atoms with Crippen molar-refractivity contribution in [1.29, 1.82) is 0 Å². The lowest BCUT2D eigenvalue weighted by Crippen LogP contribution is -2.50. The molecule has 0 unspecified atom stereocenters. The minimum atomic E-state index is -0.298. The van der Waals surface area contributed by atoms with Gasteiger partial charge in [0.25, 0.3) is 5.91 Å². The van der Waals surface area contributed by atoms with E-state index in [1.165, 1.54) is 7.11 Å². The zero-order valence-electron chi connectivity index (χ0n) is 10.6. The lowest BCUT2D eigenvalue weighted by molar-refractivity contribution is -0.146. The van der Waals surface area contributed by atoms with Gasteiger partial charge in [-0.05, 0) is 12.8 Å². The minimum absolute atomic E-state index is 0.0432. The van der Waals surface area contributed by atoms with Gasteiger partial charge in [-0.25, -0.2) is 0 Å². The summed E-state index contributed by atoms with van der Waals surface area (Å²) in [5, 5.41) is 0. The Balaban J connectivity index is 1.97. The van der Waals surface area contributed by atoms with Crippen molar-refractivity contribution in [2.24, 2.45) is 0 Å². The topological polar surface area (TPSA) is 55.8 Å². The largest absolute Gasteiger partial charge is 0.469 e. The predicted octanol–water partition coefficient (Wildman–Crippen LogP) is 0.672. The zero-order valence-corrected chi connectivity index (χ0v) is 11.4. The first kappa shape index (κ1) is 13.7. The molecule has 0 aromatic carbocycles. The van der Waals surface area contributed by atoms with Crippen LogP contribution in [0.2, 0.25) is 0 Å². The smallest absolute Gasteiger partial charge is 0.307 e.